The number of rotatable bonds is 2. The van der Waals surface area contributed by atoms with E-state index in [-0.39, 0.29) is 0 Å². The van der Waals surface area contributed by atoms with E-state index in [9.17, 15) is 0 Å². The highest BCUT2D eigenvalue weighted by Crippen LogP contribution is 1.73. The Hall–Kier alpha value is -1.04. The maximum absolute atomic E-state index is 3.56. The molecule has 0 saturated carbocycles. The molecule has 0 saturated heterocycles. The highest BCUT2D eigenvalue weighted by molar-refractivity contribution is 5.05. The predicted octanol–water partition coefficient (Wildman–Crippen LogP) is 3.50. The van der Waals surface area contributed by atoms with Crippen molar-refractivity contribution in [3.05, 3.63) is 49.6 Å². The van der Waals surface area contributed by atoms with Gasteiger partial charge in [-0.2, -0.15) is 0 Å². The summed E-state index contributed by atoms with van der Waals surface area (Å²) in [7, 11) is 0. The van der Waals surface area contributed by atoms with Crippen molar-refractivity contribution in [2.24, 2.45) is 0 Å². The molecule has 56 valence electrons. The number of hydrogen-bond acceptors (Lipinski definition) is 0. The Balaban J connectivity index is 0. The minimum Gasteiger partial charge on any atom is -0.100 e. The van der Waals surface area contributed by atoms with Gasteiger partial charge >= 0.3 is 0 Å². The molecule has 0 unspecified atom stereocenters. The zero-order valence-corrected chi connectivity index (χ0v) is 6.93. The Morgan fingerprint density at radius 3 is 1.30 bits per heavy atom. The molecule has 0 aromatic carbocycles. The minimum atomic E-state index is 1.17. The van der Waals surface area contributed by atoms with Crippen molar-refractivity contribution < 1.29 is 0 Å². The summed E-state index contributed by atoms with van der Waals surface area (Å²) in [5, 5.41) is 0. The van der Waals surface area contributed by atoms with Crippen LogP contribution in [-0.2, 0) is 0 Å². The van der Waals surface area contributed by atoms with E-state index in [2.05, 4.69) is 19.7 Å². The van der Waals surface area contributed by atoms with E-state index in [1.165, 1.54) is 5.57 Å². The topological polar surface area (TPSA) is 0 Å². The van der Waals surface area contributed by atoms with Crippen LogP contribution >= 0.6 is 0 Å². The van der Waals surface area contributed by atoms with E-state index in [0.29, 0.717) is 0 Å². The van der Waals surface area contributed by atoms with Gasteiger partial charge in [0.1, 0.15) is 0 Å². The molecule has 0 amide bonds. The molecular formula is C10H16. The minimum absolute atomic E-state index is 1.17. The van der Waals surface area contributed by atoms with Crippen LogP contribution in [0.4, 0.5) is 0 Å². The summed E-state index contributed by atoms with van der Waals surface area (Å²) in [6, 6.07) is 0. The van der Waals surface area contributed by atoms with Crippen LogP contribution in [0.3, 0.4) is 0 Å². The van der Waals surface area contributed by atoms with Gasteiger partial charge in [0, 0.05) is 0 Å². The molecule has 0 N–H and O–H groups in total. The summed E-state index contributed by atoms with van der Waals surface area (Å²) < 4.78 is 0. The van der Waals surface area contributed by atoms with E-state index >= 15 is 0 Å². The molecule has 0 atom stereocenters. The molecule has 0 fully saturated rings. The van der Waals surface area contributed by atoms with Crippen LogP contribution in [0.1, 0.15) is 13.8 Å². The van der Waals surface area contributed by atoms with Crippen molar-refractivity contribution >= 4 is 0 Å². The monoisotopic (exact) mass is 136 g/mol. The smallest absolute Gasteiger partial charge is 0.0445 e. The van der Waals surface area contributed by atoms with E-state index < -0.39 is 0 Å². The van der Waals surface area contributed by atoms with E-state index in [4.69, 9.17) is 0 Å². The van der Waals surface area contributed by atoms with Gasteiger partial charge in [-0.25, -0.2) is 0 Å². The lowest BCUT2D eigenvalue weighted by molar-refractivity contribution is 1.42. The lowest BCUT2D eigenvalue weighted by Gasteiger charge is -1.65. The van der Waals surface area contributed by atoms with Crippen molar-refractivity contribution in [3.8, 4) is 0 Å². The third-order valence-electron chi connectivity index (χ3n) is 0.383. The summed E-state index contributed by atoms with van der Waals surface area (Å²) in [4.78, 5) is 0. The molecule has 0 aliphatic rings. The quantitative estimate of drug-likeness (QED) is 0.402. The van der Waals surface area contributed by atoms with E-state index in [1.54, 1.807) is 12.2 Å². The number of allylic oxidation sites excluding steroid dienone is 5. The van der Waals surface area contributed by atoms with Crippen LogP contribution in [-0.4, -0.2) is 0 Å². The second-order valence-electron chi connectivity index (χ2n) is 2.06. The van der Waals surface area contributed by atoms with Crippen LogP contribution in [0.5, 0.6) is 0 Å². The molecule has 0 heteroatoms. The average molecular weight is 136 g/mol. The van der Waals surface area contributed by atoms with Gasteiger partial charge in [0.05, 0.1) is 0 Å². The number of hydrogen-bond donors (Lipinski definition) is 0. The summed E-state index contributed by atoms with van der Waals surface area (Å²) in [6.45, 7) is 14.4. The van der Waals surface area contributed by atoms with Gasteiger partial charge in [-0.3, -0.25) is 0 Å². The summed E-state index contributed by atoms with van der Waals surface area (Å²) in [6.07, 6.45) is 7.07. The first-order valence-electron chi connectivity index (χ1n) is 3.17. The molecule has 0 nitrogen and oxygen atoms in total. The summed E-state index contributed by atoms with van der Waals surface area (Å²) >= 11 is 0. The first kappa shape index (κ1) is 11.7. The standard InChI is InChI=1S/C6H8.C4H8/c1-3-5-6-4-2;1-4(2)3/h3-6H,1-2H2;1H2,2-3H3. The van der Waals surface area contributed by atoms with Gasteiger partial charge < -0.3 is 0 Å². The Labute approximate surface area is 64.3 Å². The Morgan fingerprint density at radius 1 is 1.00 bits per heavy atom. The third-order valence-corrected chi connectivity index (χ3v) is 0.383. The molecular weight excluding hydrogens is 120 g/mol. The van der Waals surface area contributed by atoms with Crippen molar-refractivity contribution in [1.29, 1.82) is 0 Å². The average Bonchev–Trinajstić information content (AvgIpc) is 1.82. The Morgan fingerprint density at radius 2 is 1.20 bits per heavy atom. The largest absolute Gasteiger partial charge is 0.100 e. The van der Waals surface area contributed by atoms with Gasteiger partial charge in [0.25, 0.3) is 0 Å². The van der Waals surface area contributed by atoms with Crippen LogP contribution in [0.15, 0.2) is 49.6 Å². The summed E-state index contributed by atoms with van der Waals surface area (Å²) in [5.74, 6) is 0. The fourth-order valence-electron chi connectivity index (χ4n) is 0.157. The van der Waals surface area contributed by atoms with Gasteiger partial charge in [-0.15, -0.1) is 6.58 Å². The van der Waals surface area contributed by atoms with Gasteiger partial charge in [0.15, 0.2) is 0 Å². The van der Waals surface area contributed by atoms with Gasteiger partial charge in [-0.1, -0.05) is 43.0 Å². The molecule has 10 heavy (non-hydrogen) atoms. The van der Waals surface area contributed by atoms with Crippen LogP contribution in [0.2, 0.25) is 0 Å². The highest BCUT2D eigenvalue weighted by atomic mass is 13.6. The zero-order chi connectivity index (χ0) is 8.41. The van der Waals surface area contributed by atoms with Crippen LogP contribution in [0, 0.1) is 0 Å². The lowest BCUT2D eigenvalue weighted by atomic mass is 10.4. The maximum Gasteiger partial charge on any atom is -0.0445 e. The highest BCUT2D eigenvalue weighted by Gasteiger charge is 1.51. The predicted molar refractivity (Wildman–Crippen MR) is 50.0 cm³/mol. The molecule has 0 heterocycles. The molecule has 0 aliphatic heterocycles. The first-order valence-corrected chi connectivity index (χ1v) is 3.17. The Kier molecular flexibility index (Phi) is 12.7. The molecule has 0 aliphatic carbocycles. The maximum atomic E-state index is 3.56. The van der Waals surface area contributed by atoms with Crippen LogP contribution in [0.25, 0.3) is 0 Å². The molecule has 0 aromatic heterocycles. The lowest BCUT2D eigenvalue weighted by Crippen LogP contribution is -1.43. The van der Waals surface area contributed by atoms with Crippen LogP contribution < -0.4 is 0 Å². The third kappa shape index (κ3) is 64.4. The fourth-order valence-corrected chi connectivity index (χ4v) is 0.157. The van der Waals surface area contributed by atoms with Gasteiger partial charge in [0.2, 0.25) is 0 Å². The SMILES string of the molecule is C=C(C)C.C=CC=CC=C. The molecule has 0 bridgehead atoms. The molecule has 0 radical (unpaired) electrons. The van der Waals surface area contributed by atoms with Crippen molar-refractivity contribution in [2.75, 3.05) is 0 Å². The normalized spacial score (nSPS) is 7.80. The van der Waals surface area contributed by atoms with Crippen molar-refractivity contribution in [3.63, 3.8) is 0 Å². The van der Waals surface area contributed by atoms with Gasteiger partial charge in [-0.05, 0) is 13.8 Å². The van der Waals surface area contributed by atoms with Crippen molar-refractivity contribution in [1.82, 2.24) is 0 Å². The van der Waals surface area contributed by atoms with E-state index in [1.807, 2.05) is 26.0 Å². The molecule has 0 spiro atoms. The van der Waals surface area contributed by atoms with Crippen molar-refractivity contribution in [2.45, 2.75) is 13.8 Å². The zero-order valence-electron chi connectivity index (χ0n) is 6.93. The Bertz CT molecular complexity index is 113. The molecule has 0 rings (SSSR count). The first-order chi connectivity index (χ1) is 4.65. The fraction of sp³-hybridized carbons (Fsp3) is 0.200. The summed E-state index contributed by atoms with van der Waals surface area (Å²) in [5.41, 5.74) is 1.17. The second-order valence-corrected chi connectivity index (χ2v) is 2.06. The second kappa shape index (κ2) is 10.9. The molecule has 0 aromatic rings. The van der Waals surface area contributed by atoms with E-state index in [0.717, 1.165) is 0 Å².